The maximum Gasteiger partial charge on any atom is 0.275 e. The topological polar surface area (TPSA) is 198 Å². The van der Waals surface area contributed by atoms with Crippen LogP contribution in [-0.2, 0) is 24.4 Å². The van der Waals surface area contributed by atoms with E-state index in [-0.39, 0.29) is 38.6 Å². The SMILES string of the molecule is CCN(CC)S(=O)(=O)c1ccc2nsc(N=Nc3cc(NC(C)=O)c(OC(C(=O)Nc4cc(C)ccc4Cl)c4nc5ccccc5o4)c(NC(C)=O)c3)c2c1. The first-order valence-electron chi connectivity index (χ1n) is 16.9. The van der Waals surface area contributed by atoms with Crippen molar-refractivity contribution in [2.75, 3.05) is 29.0 Å². The van der Waals surface area contributed by atoms with E-state index >= 15 is 0 Å². The van der Waals surface area contributed by atoms with Crippen molar-refractivity contribution in [2.24, 2.45) is 10.2 Å². The van der Waals surface area contributed by atoms with E-state index in [9.17, 15) is 22.8 Å². The summed E-state index contributed by atoms with van der Waals surface area (Å²) in [4.78, 5) is 43.7. The van der Waals surface area contributed by atoms with Crippen LogP contribution in [0.25, 0.3) is 22.0 Å². The summed E-state index contributed by atoms with van der Waals surface area (Å²) in [5, 5.41) is 17.9. The number of aromatic nitrogens is 2. The Balaban J connectivity index is 1.43. The fraction of sp³-hybridized carbons (Fsp3) is 0.216. The largest absolute Gasteiger partial charge is 0.466 e. The lowest BCUT2D eigenvalue weighted by molar-refractivity contribution is -0.123. The van der Waals surface area contributed by atoms with Gasteiger partial charge in [-0.25, -0.2) is 13.4 Å². The molecule has 18 heteroatoms. The van der Waals surface area contributed by atoms with Crippen LogP contribution in [0, 0.1) is 6.92 Å². The Hall–Kier alpha value is -5.75. The van der Waals surface area contributed by atoms with E-state index < -0.39 is 33.8 Å². The van der Waals surface area contributed by atoms with Crippen molar-refractivity contribution < 1.29 is 32.0 Å². The van der Waals surface area contributed by atoms with E-state index in [1.54, 1.807) is 62.4 Å². The molecule has 2 aromatic heterocycles. The Morgan fingerprint density at radius 1 is 0.891 bits per heavy atom. The second-order valence-corrected chi connectivity index (χ2v) is 15.3. The maximum atomic E-state index is 14.0. The number of benzene rings is 4. The van der Waals surface area contributed by atoms with Gasteiger partial charge in [0.1, 0.15) is 5.52 Å². The van der Waals surface area contributed by atoms with Crippen molar-refractivity contribution in [1.29, 1.82) is 0 Å². The average molecular weight is 803 g/mol. The highest BCUT2D eigenvalue weighted by molar-refractivity contribution is 7.89. The van der Waals surface area contributed by atoms with Crippen LogP contribution in [0.3, 0.4) is 0 Å². The average Bonchev–Trinajstić information content (AvgIpc) is 3.75. The van der Waals surface area contributed by atoms with Crippen molar-refractivity contribution in [3.63, 3.8) is 0 Å². The van der Waals surface area contributed by atoms with Gasteiger partial charge >= 0.3 is 0 Å². The number of azo groups is 1. The van der Waals surface area contributed by atoms with Gasteiger partial charge in [-0.1, -0.05) is 43.6 Å². The number of hydrogen-bond donors (Lipinski definition) is 3. The zero-order valence-electron chi connectivity index (χ0n) is 30.2. The number of nitrogens with one attached hydrogen (secondary N) is 3. The standard InChI is InChI=1S/C37H35ClN8O7S2/c1-6-46(7-2)55(50,51)24-13-15-27-25(19-24)37(54-45-27)44-43-23-17-30(39-21(4)47)33(31(18-23)40-22(5)48)53-34(36-42-28-10-8-9-11-32(28)52-36)35(49)41-29-16-20(3)12-14-26(29)38/h8-19,34H,6-7H2,1-5H3,(H,39,47)(H,40,48)(H,41,49). The molecule has 6 rings (SSSR count). The fourth-order valence-corrected chi connectivity index (χ4v) is 7.92. The number of hydrogen-bond acceptors (Lipinski definition) is 12. The number of fused-ring (bicyclic) bond motifs is 2. The van der Waals surface area contributed by atoms with E-state index in [4.69, 9.17) is 20.8 Å². The van der Waals surface area contributed by atoms with Crippen LogP contribution in [0.5, 0.6) is 5.75 Å². The summed E-state index contributed by atoms with van der Waals surface area (Å²) >= 11 is 7.42. The molecule has 4 aromatic carbocycles. The van der Waals surface area contributed by atoms with Gasteiger partial charge in [0, 0.05) is 32.3 Å². The van der Waals surface area contributed by atoms with Gasteiger partial charge in [0.2, 0.25) is 27.7 Å². The Bertz CT molecular complexity index is 2520. The van der Waals surface area contributed by atoms with Crippen LogP contribution in [0.1, 0.15) is 45.3 Å². The fourth-order valence-electron chi connectivity index (χ4n) is 5.59. The molecule has 0 bridgehead atoms. The van der Waals surface area contributed by atoms with Gasteiger partial charge in [0.05, 0.1) is 38.2 Å². The summed E-state index contributed by atoms with van der Waals surface area (Å²) < 4.78 is 44.5. The summed E-state index contributed by atoms with van der Waals surface area (Å²) in [7, 11) is -3.76. The zero-order valence-corrected chi connectivity index (χ0v) is 32.6. The molecule has 0 saturated heterocycles. The molecule has 3 amide bonds. The third-order valence-electron chi connectivity index (χ3n) is 8.11. The van der Waals surface area contributed by atoms with Gasteiger partial charge in [-0.15, -0.1) is 10.2 Å². The first-order valence-corrected chi connectivity index (χ1v) is 19.5. The molecule has 1 atom stereocenters. The molecule has 284 valence electrons. The van der Waals surface area contributed by atoms with Gasteiger partial charge in [0.25, 0.3) is 12.0 Å². The van der Waals surface area contributed by atoms with Crippen LogP contribution < -0.4 is 20.7 Å². The second-order valence-electron chi connectivity index (χ2n) is 12.2. The molecule has 3 N–H and O–H groups in total. The number of aryl methyl sites for hydroxylation is 1. The highest BCUT2D eigenvalue weighted by Crippen LogP contribution is 2.42. The van der Waals surface area contributed by atoms with E-state index in [0.717, 1.165) is 17.1 Å². The number of amides is 3. The molecule has 0 spiro atoms. The van der Waals surface area contributed by atoms with Crippen LogP contribution >= 0.6 is 23.1 Å². The number of carbonyl (C=O) groups is 3. The molecule has 15 nitrogen and oxygen atoms in total. The zero-order chi connectivity index (χ0) is 39.4. The molecule has 2 heterocycles. The van der Waals surface area contributed by atoms with Crippen LogP contribution in [0.4, 0.5) is 27.8 Å². The predicted molar refractivity (Wildman–Crippen MR) is 211 cm³/mol. The highest BCUT2D eigenvalue weighted by atomic mass is 35.5. The molecule has 6 aromatic rings. The second kappa shape index (κ2) is 16.3. The van der Waals surface area contributed by atoms with E-state index in [0.29, 0.717) is 45.8 Å². The minimum Gasteiger partial charge on any atom is -0.466 e. The minimum absolute atomic E-state index is 0.0250. The van der Waals surface area contributed by atoms with Crippen molar-refractivity contribution in [2.45, 2.75) is 45.6 Å². The Kier molecular flexibility index (Phi) is 11.6. The molecule has 0 aliphatic heterocycles. The molecule has 0 fully saturated rings. The number of anilines is 3. The number of rotatable bonds is 13. The Morgan fingerprint density at radius 2 is 1.58 bits per heavy atom. The molecule has 55 heavy (non-hydrogen) atoms. The predicted octanol–water partition coefficient (Wildman–Crippen LogP) is 8.52. The number of carbonyl (C=O) groups excluding carboxylic acids is 3. The maximum absolute atomic E-state index is 14.0. The van der Waals surface area contributed by atoms with Crippen LogP contribution in [-0.4, -0.2) is 52.9 Å². The Morgan fingerprint density at radius 3 is 2.24 bits per heavy atom. The van der Waals surface area contributed by atoms with E-state index in [1.807, 2.05) is 6.92 Å². The van der Waals surface area contributed by atoms with Crippen molar-refractivity contribution in [3.8, 4) is 5.75 Å². The quantitative estimate of drug-likeness (QED) is 0.0958. The lowest BCUT2D eigenvalue weighted by atomic mass is 10.2. The molecule has 0 aliphatic carbocycles. The number of halogens is 1. The van der Waals surface area contributed by atoms with E-state index in [2.05, 4.69) is 35.5 Å². The van der Waals surface area contributed by atoms with E-state index in [1.165, 1.54) is 42.4 Å². The summed E-state index contributed by atoms with van der Waals surface area (Å²) in [6, 6.07) is 19.5. The first-order chi connectivity index (χ1) is 26.3. The Labute approximate surface area is 325 Å². The van der Waals surface area contributed by atoms with Crippen molar-refractivity contribution in [3.05, 3.63) is 89.3 Å². The first kappa shape index (κ1) is 39.0. The van der Waals surface area contributed by atoms with Gasteiger partial charge in [-0.2, -0.15) is 8.68 Å². The van der Waals surface area contributed by atoms with Crippen LogP contribution in [0.15, 0.2) is 92.3 Å². The lowest BCUT2D eigenvalue weighted by Gasteiger charge is -2.21. The smallest absolute Gasteiger partial charge is 0.275 e. The number of nitrogens with zero attached hydrogens (tertiary/aromatic N) is 5. The minimum atomic E-state index is -3.76. The van der Waals surface area contributed by atoms with Gasteiger partial charge < -0.3 is 25.1 Å². The highest BCUT2D eigenvalue weighted by Gasteiger charge is 2.32. The van der Waals surface area contributed by atoms with Gasteiger partial charge in [-0.05, 0) is 78.6 Å². The molecule has 0 saturated carbocycles. The third kappa shape index (κ3) is 8.65. The summed E-state index contributed by atoms with van der Waals surface area (Å²) in [6.45, 7) is 8.52. The summed E-state index contributed by atoms with van der Waals surface area (Å²) in [6.07, 6.45) is -1.57. The normalized spacial score (nSPS) is 12.3. The number of oxazole rings is 1. The monoisotopic (exact) mass is 802 g/mol. The molecular formula is C37H35ClN8O7S2. The molecule has 0 radical (unpaired) electrons. The van der Waals surface area contributed by atoms with Gasteiger partial charge in [0.15, 0.2) is 16.3 Å². The molecule has 1 unspecified atom stereocenters. The summed E-state index contributed by atoms with van der Waals surface area (Å²) in [5.41, 5.74) is 2.72. The van der Waals surface area contributed by atoms with Crippen LogP contribution in [0.2, 0.25) is 5.02 Å². The number of ether oxygens (including phenoxy) is 1. The summed E-state index contributed by atoms with van der Waals surface area (Å²) in [5.74, 6) is -1.95. The third-order valence-corrected chi connectivity index (χ3v) is 11.2. The number of para-hydroxylation sites is 2. The van der Waals surface area contributed by atoms with Gasteiger partial charge in [-0.3, -0.25) is 14.4 Å². The van der Waals surface area contributed by atoms with Crippen molar-refractivity contribution >= 4 is 101 Å². The van der Waals surface area contributed by atoms with Crippen molar-refractivity contribution in [1.82, 2.24) is 13.7 Å². The molecular weight excluding hydrogens is 768 g/mol. The lowest BCUT2D eigenvalue weighted by Crippen LogP contribution is -2.30. The molecule has 0 aliphatic rings. The number of sulfonamides is 1.